The molecule has 140 valence electrons. The van der Waals surface area contributed by atoms with Crippen molar-refractivity contribution in [1.82, 2.24) is 5.32 Å². The summed E-state index contributed by atoms with van der Waals surface area (Å²) in [6, 6.07) is 16.4. The van der Waals surface area contributed by atoms with Gasteiger partial charge in [-0.05, 0) is 42.3 Å². The molecule has 0 aliphatic heterocycles. The van der Waals surface area contributed by atoms with Crippen LogP contribution in [0.1, 0.15) is 24.5 Å². The molecule has 0 spiro atoms. The zero-order valence-electron chi connectivity index (χ0n) is 15.6. The number of carbonyl (C=O) groups is 2. The quantitative estimate of drug-likeness (QED) is 0.780. The molecule has 0 aliphatic carbocycles. The molecule has 0 saturated carbocycles. The summed E-state index contributed by atoms with van der Waals surface area (Å²) in [5.41, 5.74) is 2.22. The van der Waals surface area contributed by atoms with Gasteiger partial charge in [-0.1, -0.05) is 18.2 Å². The van der Waals surface area contributed by atoms with E-state index in [1.165, 1.54) is 11.8 Å². The number of benzene rings is 2. The Balaban J connectivity index is 1.85. The smallest absolute Gasteiger partial charge is 0.223 e. The number of ether oxygens (including phenoxy) is 1. The van der Waals surface area contributed by atoms with E-state index in [1.807, 2.05) is 30.3 Å². The Kier molecular flexibility index (Phi) is 7.38. The predicted octanol–water partition coefficient (Wildman–Crippen LogP) is 2.67. The SMILES string of the molecule is COc1ccccc1CCNC(=O)CCN(C(C)=O)c1ccc(C#N)cc1. The number of amides is 2. The van der Waals surface area contributed by atoms with Crippen molar-refractivity contribution in [3.63, 3.8) is 0 Å². The van der Waals surface area contributed by atoms with Crippen molar-refractivity contribution in [1.29, 1.82) is 5.26 Å². The number of carbonyl (C=O) groups excluding carboxylic acids is 2. The van der Waals surface area contributed by atoms with Gasteiger partial charge in [0.25, 0.3) is 0 Å². The Morgan fingerprint density at radius 3 is 2.48 bits per heavy atom. The van der Waals surface area contributed by atoms with Crippen molar-refractivity contribution >= 4 is 17.5 Å². The summed E-state index contributed by atoms with van der Waals surface area (Å²) in [4.78, 5) is 25.5. The highest BCUT2D eigenvalue weighted by Gasteiger charge is 2.13. The molecule has 0 saturated heterocycles. The van der Waals surface area contributed by atoms with Gasteiger partial charge in [-0.2, -0.15) is 5.26 Å². The molecule has 2 aromatic carbocycles. The van der Waals surface area contributed by atoms with Gasteiger partial charge in [-0.3, -0.25) is 9.59 Å². The van der Waals surface area contributed by atoms with E-state index in [0.29, 0.717) is 24.2 Å². The van der Waals surface area contributed by atoms with E-state index in [1.54, 1.807) is 31.4 Å². The van der Waals surface area contributed by atoms with Gasteiger partial charge in [-0.25, -0.2) is 0 Å². The van der Waals surface area contributed by atoms with Crippen molar-refractivity contribution < 1.29 is 14.3 Å². The summed E-state index contributed by atoms with van der Waals surface area (Å²) >= 11 is 0. The van der Waals surface area contributed by atoms with E-state index in [4.69, 9.17) is 10.00 Å². The number of methoxy groups -OCH3 is 1. The van der Waals surface area contributed by atoms with Gasteiger partial charge in [0.1, 0.15) is 5.75 Å². The molecule has 2 aromatic rings. The second-order valence-electron chi connectivity index (χ2n) is 5.99. The van der Waals surface area contributed by atoms with Crippen molar-refractivity contribution in [2.75, 3.05) is 25.1 Å². The van der Waals surface area contributed by atoms with Crippen LogP contribution in [0.15, 0.2) is 48.5 Å². The first-order chi connectivity index (χ1) is 13.0. The van der Waals surface area contributed by atoms with E-state index in [2.05, 4.69) is 5.32 Å². The highest BCUT2D eigenvalue weighted by molar-refractivity contribution is 5.92. The molecule has 27 heavy (non-hydrogen) atoms. The van der Waals surface area contributed by atoms with Gasteiger partial charge in [-0.15, -0.1) is 0 Å². The van der Waals surface area contributed by atoms with Crippen LogP contribution < -0.4 is 15.0 Å². The number of hydrogen-bond acceptors (Lipinski definition) is 4. The fraction of sp³-hybridized carbons (Fsp3) is 0.286. The fourth-order valence-corrected chi connectivity index (χ4v) is 2.73. The van der Waals surface area contributed by atoms with Gasteiger partial charge in [0.2, 0.25) is 11.8 Å². The average Bonchev–Trinajstić information content (AvgIpc) is 2.68. The van der Waals surface area contributed by atoms with Crippen molar-refractivity contribution in [3.8, 4) is 11.8 Å². The second kappa shape index (κ2) is 9.97. The molecule has 0 atom stereocenters. The average molecular weight is 365 g/mol. The van der Waals surface area contributed by atoms with Crippen LogP contribution in [0.25, 0.3) is 0 Å². The molecule has 6 heteroatoms. The van der Waals surface area contributed by atoms with Gasteiger partial charge < -0.3 is 15.0 Å². The van der Waals surface area contributed by atoms with Crippen molar-refractivity contribution in [2.45, 2.75) is 19.8 Å². The summed E-state index contributed by atoms with van der Waals surface area (Å²) < 4.78 is 5.30. The Bertz CT molecular complexity index is 825. The lowest BCUT2D eigenvalue weighted by molar-refractivity contribution is -0.121. The summed E-state index contributed by atoms with van der Waals surface area (Å²) in [7, 11) is 1.62. The lowest BCUT2D eigenvalue weighted by Gasteiger charge is -2.21. The number of hydrogen-bond donors (Lipinski definition) is 1. The first-order valence-electron chi connectivity index (χ1n) is 8.72. The Labute approximate surface area is 159 Å². The molecule has 6 nitrogen and oxygen atoms in total. The molecule has 1 N–H and O–H groups in total. The molecular formula is C21H23N3O3. The van der Waals surface area contributed by atoms with Gasteiger partial charge in [0.15, 0.2) is 0 Å². The Hall–Kier alpha value is -3.33. The topological polar surface area (TPSA) is 82.4 Å². The molecule has 2 amide bonds. The monoisotopic (exact) mass is 365 g/mol. The van der Waals surface area contributed by atoms with Gasteiger partial charge in [0, 0.05) is 32.1 Å². The maximum absolute atomic E-state index is 12.1. The molecular weight excluding hydrogens is 342 g/mol. The standard InChI is InChI=1S/C21H23N3O3/c1-16(25)24(19-9-7-17(15-22)8-10-19)14-12-21(26)23-13-11-18-5-3-4-6-20(18)27-2/h3-10H,11-14H2,1-2H3,(H,23,26). The van der Waals surface area contributed by atoms with Crippen molar-refractivity contribution in [3.05, 3.63) is 59.7 Å². The number of nitriles is 1. The molecule has 0 fully saturated rings. The van der Waals surface area contributed by atoms with Gasteiger partial charge in [0.05, 0.1) is 18.7 Å². The Morgan fingerprint density at radius 1 is 1.15 bits per heavy atom. The minimum atomic E-state index is -0.151. The second-order valence-corrected chi connectivity index (χ2v) is 5.99. The molecule has 2 rings (SSSR count). The lowest BCUT2D eigenvalue weighted by atomic mass is 10.1. The molecule has 0 aromatic heterocycles. The minimum Gasteiger partial charge on any atom is -0.496 e. The molecule has 0 radical (unpaired) electrons. The summed E-state index contributed by atoms with van der Waals surface area (Å²) in [6.07, 6.45) is 0.868. The van der Waals surface area contributed by atoms with Crippen LogP contribution in [0.2, 0.25) is 0 Å². The number of rotatable bonds is 8. The number of nitrogens with zero attached hydrogens (tertiary/aromatic N) is 2. The van der Waals surface area contributed by atoms with E-state index < -0.39 is 0 Å². The van der Waals surface area contributed by atoms with Crippen LogP contribution in [0.3, 0.4) is 0 Å². The molecule has 0 unspecified atom stereocenters. The van der Waals surface area contributed by atoms with Crippen LogP contribution in [0, 0.1) is 11.3 Å². The first-order valence-corrected chi connectivity index (χ1v) is 8.72. The highest BCUT2D eigenvalue weighted by atomic mass is 16.5. The number of para-hydroxylation sites is 1. The highest BCUT2D eigenvalue weighted by Crippen LogP contribution is 2.17. The van der Waals surface area contributed by atoms with Crippen LogP contribution in [-0.2, 0) is 16.0 Å². The predicted molar refractivity (Wildman–Crippen MR) is 104 cm³/mol. The number of nitrogens with one attached hydrogen (secondary N) is 1. The molecule has 0 bridgehead atoms. The third-order valence-electron chi connectivity index (χ3n) is 4.16. The third-order valence-corrected chi connectivity index (χ3v) is 4.16. The largest absolute Gasteiger partial charge is 0.496 e. The van der Waals surface area contributed by atoms with E-state index >= 15 is 0 Å². The maximum Gasteiger partial charge on any atom is 0.223 e. The maximum atomic E-state index is 12.1. The fourth-order valence-electron chi connectivity index (χ4n) is 2.73. The first kappa shape index (κ1) is 20.0. The van der Waals surface area contributed by atoms with Crippen LogP contribution >= 0.6 is 0 Å². The van der Waals surface area contributed by atoms with Crippen LogP contribution in [0.5, 0.6) is 5.75 Å². The normalized spacial score (nSPS) is 9.96. The zero-order chi connectivity index (χ0) is 19.6. The third kappa shape index (κ3) is 5.86. The van der Waals surface area contributed by atoms with Crippen LogP contribution in [0.4, 0.5) is 5.69 Å². The summed E-state index contributed by atoms with van der Waals surface area (Å²) in [5.74, 6) is 0.529. The molecule has 0 heterocycles. The minimum absolute atomic E-state index is 0.121. The lowest BCUT2D eigenvalue weighted by Crippen LogP contribution is -2.34. The van der Waals surface area contributed by atoms with Crippen molar-refractivity contribution in [2.24, 2.45) is 0 Å². The van der Waals surface area contributed by atoms with E-state index in [0.717, 1.165) is 11.3 Å². The van der Waals surface area contributed by atoms with Crippen LogP contribution in [-0.4, -0.2) is 32.0 Å². The Morgan fingerprint density at radius 2 is 1.85 bits per heavy atom. The van der Waals surface area contributed by atoms with Gasteiger partial charge >= 0.3 is 0 Å². The van der Waals surface area contributed by atoms with E-state index in [-0.39, 0.29) is 24.8 Å². The zero-order valence-corrected chi connectivity index (χ0v) is 15.6. The summed E-state index contributed by atoms with van der Waals surface area (Å²) in [6.45, 7) is 2.23. The van der Waals surface area contributed by atoms with E-state index in [9.17, 15) is 9.59 Å². The number of anilines is 1. The summed E-state index contributed by atoms with van der Waals surface area (Å²) in [5, 5.41) is 11.7. The molecule has 0 aliphatic rings.